The van der Waals surface area contributed by atoms with Crippen LogP contribution in [-0.2, 0) is 22.6 Å². The fraction of sp³-hybridized carbons (Fsp3) is 0.556. The molecule has 12 nitrogen and oxygen atoms in total. The van der Waals surface area contributed by atoms with Crippen molar-refractivity contribution in [1.29, 1.82) is 0 Å². The Bertz CT molecular complexity index is 1410. The lowest BCUT2D eigenvalue weighted by Crippen LogP contribution is -2.56. The lowest BCUT2D eigenvalue weighted by molar-refractivity contribution is -0.161. The maximum absolute atomic E-state index is 13.4. The number of nitrogens with zero attached hydrogens (tertiary/aromatic N) is 5. The van der Waals surface area contributed by atoms with E-state index in [4.69, 9.17) is 4.98 Å². The Kier molecular flexibility index (Phi) is 6.37. The molecule has 4 heterocycles. The topological polar surface area (TPSA) is 164 Å². The number of carboxylic acid groups (broad SMARTS) is 1. The number of rotatable bonds is 10. The minimum atomic E-state index is -1.80. The van der Waals surface area contributed by atoms with E-state index in [1.807, 2.05) is 6.92 Å². The van der Waals surface area contributed by atoms with Crippen LogP contribution in [0, 0.1) is 23.2 Å². The first-order valence-electron chi connectivity index (χ1n) is 13.7. The molecule has 3 aromatic heterocycles. The normalized spacial score (nSPS) is 24.1. The zero-order chi connectivity index (χ0) is 27.3. The lowest BCUT2D eigenvalue weighted by atomic mass is 9.75. The van der Waals surface area contributed by atoms with Crippen LogP contribution in [0.2, 0.25) is 0 Å². The maximum Gasteiger partial charge on any atom is 0.319 e. The molecule has 3 unspecified atom stereocenters. The number of aromatic nitrogens is 5. The molecule has 6 rings (SSSR count). The number of piperidine rings is 1. The molecule has 4 N–H and O–H groups in total. The number of hydrogen-bond donors (Lipinski definition) is 4. The maximum atomic E-state index is 13.4. The van der Waals surface area contributed by atoms with Crippen LogP contribution in [0.25, 0.3) is 5.65 Å². The molecular weight excluding hydrogens is 502 g/mol. The van der Waals surface area contributed by atoms with E-state index in [9.17, 15) is 24.6 Å². The number of fused-ring (bicyclic) bond motifs is 1. The minimum absolute atomic E-state index is 0.0283. The second-order valence-electron chi connectivity index (χ2n) is 11.2. The van der Waals surface area contributed by atoms with Crippen molar-refractivity contribution in [2.24, 2.45) is 23.2 Å². The SMILES string of the molecule is CCn1nccc1C(=O)NC(c1cn2nc(CC3(C(=O)O)CC(O)CNC3=O)ccc2n1)C(C1CC1)C1CC1. The van der Waals surface area contributed by atoms with E-state index in [-0.39, 0.29) is 37.3 Å². The van der Waals surface area contributed by atoms with Gasteiger partial charge in [-0.25, -0.2) is 9.50 Å². The summed E-state index contributed by atoms with van der Waals surface area (Å²) in [6.07, 6.45) is 6.68. The third-order valence-corrected chi connectivity index (χ3v) is 8.37. The molecule has 0 radical (unpaired) electrons. The van der Waals surface area contributed by atoms with Gasteiger partial charge < -0.3 is 20.8 Å². The molecule has 3 atom stereocenters. The molecule has 2 saturated carbocycles. The summed E-state index contributed by atoms with van der Waals surface area (Å²) < 4.78 is 3.26. The average Bonchev–Trinajstić information content (AvgIpc) is 3.84. The van der Waals surface area contributed by atoms with Gasteiger partial charge in [-0.15, -0.1) is 0 Å². The van der Waals surface area contributed by atoms with Gasteiger partial charge in [-0.1, -0.05) is 0 Å². The molecule has 3 aromatic rings. The van der Waals surface area contributed by atoms with Crippen molar-refractivity contribution >= 4 is 23.4 Å². The van der Waals surface area contributed by atoms with Crippen molar-refractivity contribution in [3.05, 3.63) is 47.7 Å². The summed E-state index contributed by atoms with van der Waals surface area (Å²) in [5.41, 5.74) is 0.367. The molecule has 2 aliphatic carbocycles. The van der Waals surface area contributed by atoms with Crippen LogP contribution in [0.5, 0.6) is 0 Å². The molecule has 206 valence electrons. The monoisotopic (exact) mass is 535 g/mol. The third kappa shape index (κ3) is 4.77. The molecule has 0 spiro atoms. The van der Waals surface area contributed by atoms with Crippen LogP contribution < -0.4 is 10.6 Å². The van der Waals surface area contributed by atoms with Crippen LogP contribution in [0.15, 0.2) is 30.6 Å². The Morgan fingerprint density at radius 2 is 1.95 bits per heavy atom. The number of carboxylic acids is 1. The van der Waals surface area contributed by atoms with Crippen LogP contribution in [0.4, 0.5) is 0 Å². The number of imidazole rings is 1. The summed E-state index contributed by atoms with van der Waals surface area (Å²) in [5, 5.41) is 34.6. The highest BCUT2D eigenvalue weighted by atomic mass is 16.4. The molecule has 0 aromatic carbocycles. The Labute approximate surface area is 224 Å². The predicted molar refractivity (Wildman–Crippen MR) is 137 cm³/mol. The van der Waals surface area contributed by atoms with Gasteiger partial charge in [0, 0.05) is 32.1 Å². The van der Waals surface area contributed by atoms with Crippen LogP contribution in [0.1, 0.15) is 66.9 Å². The van der Waals surface area contributed by atoms with Crippen molar-refractivity contribution in [1.82, 2.24) is 35.0 Å². The van der Waals surface area contributed by atoms with E-state index < -0.39 is 23.4 Å². The van der Waals surface area contributed by atoms with Gasteiger partial charge in [-0.05, 0) is 68.6 Å². The van der Waals surface area contributed by atoms with Gasteiger partial charge in [-0.3, -0.25) is 19.1 Å². The molecule has 39 heavy (non-hydrogen) atoms. The Morgan fingerprint density at radius 3 is 2.62 bits per heavy atom. The number of aliphatic carboxylic acids is 1. The second kappa shape index (κ2) is 9.74. The number of aliphatic hydroxyl groups excluding tert-OH is 1. The molecular formula is C27H33N7O5. The zero-order valence-corrected chi connectivity index (χ0v) is 21.8. The standard InChI is InChI=1S/C27H33N7O5/c1-2-33-20(9-10-29-33)24(36)31-23(22(15-3-4-15)16-5-6-16)19-14-34-21(30-19)8-7-17(32-34)11-27(26(38)39)12-18(35)13-28-25(27)37/h7-10,14-16,18,22-23,35H,2-6,11-13H2,1H3,(H,28,37)(H,31,36)(H,38,39). The van der Waals surface area contributed by atoms with E-state index >= 15 is 0 Å². The molecule has 2 amide bonds. The minimum Gasteiger partial charge on any atom is -0.480 e. The van der Waals surface area contributed by atoms with E-state index in [1.165, 1.54) is 0 Å². The van der Waals surface area contributed by atoms with Crippen LogP contribution in [0.3, 0.4) is 0 Å². The van der Waals surface area contributed by atoms with E-state index in [0.29, 0.717) is 41.1 Å². The van der Waals surface area contributed by atoms with E-state index in [0.717, 1.165) is 25.7 Å². The Hall–Kier alpha value is -3.80. The number of carbonyl (C=O) groups is 3. The number of amides is 2. The van der Waals surface area contributed by atoms with Gasteiger partial charge in [-0.2, -0.15) is 10.2 Å². The molecule has 1 aliphatic heterocycles. The highest BCUT2D eigenvalue weighted by molar-refractivity contribution is 6.02. The largest absolute Gasteiger partial charge is 0.480 e. The second-order valence-corrected chi connectivity index (χ2v) is 11.2. The zero-order valence-electron chi connectivity index (χ0n) is 21.8. The molecule has 3 fully saturated rings. The molecule has 3 aliphatic rings. The van der Waals surface area contributed by atoms with Crippen LogP contribution >= 0.6 is 0 Å². The third-order valence-electron chi connectivity index (χ3n) is 8.37. The summed E-state index contributed by atoms with van der Waals surface area (Å²) >= 11 is 0. The first-order chi connectivity index (χ1) is 18.8. The van der Waals surface area contributed by atoms with Crippen molar-refractivity contribution < 1.29 is 24.6 Å². The summed E-state index contributed by atoms with van der Waals surface area (Å²) in [6.45, 7) is 2.56. The van der Waals surface area contributed by atoms with Crippen molar-refractivity contribution in [2.75, 3.05) is 6.54 Å². The number of nitrogens with one attached hydrogen (secondary N) is 2. The molecule has 12 heteroatoms. The summed E-state index contributed by atoms with van der Waals surface area (Å²) in [5.74, 6) is -0.754. The summed E-state index contributed by atoms with van der Waals surface area (Å²) in [6, 6.07) is 4.82. The number of β-amino-alcohol motifs (C(OH)–C–C–N with tert-alkyl or cyclic N) is 1. The first kappa shape index (κ1) is 25.5. The summed E-state index contributed by atoms with van der Waals surface area (Å²) in [7, 11) is 0. The van der Waals surface area contributed by atoms with Gasteiger partial charge in [0.15, 0.2) is 11.1 Å². The fourth-order valence-corrected chi connectivity index (χ4v) is 6.10. The van der Waals surface area contributed by atoms with E-state index in [1.54, 1.807) is 39.8 Å². The smallest absolute Gasteiger partial charge is 0.319 e. The first-order valence-corrected chi connectivity index (χ1v) is 13.7. The Balaban J connectivity index is 1.32. The van der Waals surface area contributed by atoms with Crippen LogP contribution in [-0.4, -0.2) is 65.0 Å². The van der Waals surface area contributed by atoms with Crippen molar-refractivity contribution in [3.63, 3.8) is 0 Å². The van der Waals surface area contributed by atoms with Gasteiger partial charge in [0.2, 0.25) is 5.91 Å². The number of aliphatic hydroxyl groups is 1. The fourth-order valence-electron chi connectivity index (χ4n) is 6.10. The lowest BCUT2D eigenvalue weighted by Gasteiger charge is -2.34. The Morgan fingerprint density at radius 1 is 1.21 bits per heavy atom. The average molecular weight is 536 g/mol. The molecule has 1 saturated heterocycles. The van der Waals surface area contributed by atoms with Gasteiger partial charge in [0.25, 0.3) is 5.91 Å². The number of carbonyl (C=O) groups excluding carboxylic acids is 2. The highest BCUT2D eigenvalue weighted by Gasteiger charge is 2.51. The highest BCUT2D eigenvalue weighted by Crippen LogP contribution is 2.54. The number of aryl methyl sites for hydroxylation is 1. The van der Waals surface area contributed by atoms with Crippen molar-refractivity contribution in [2.45, 2.75) is 64.1 Å². The quantitative estimate of drug-likeness (QED) is 0.283. The van der Waals surface area contributed by atoms with Gasteiger partial charge >= 0.3 is 5.97 Å². The van der Waals surface area contributed by atoms with Crippen molar-refractivity contribution in [3.8, 4) is 0 Å². The van der Waals surface area contributed by atoms with Gasteiger partial charge in [0.05, 0.1) is 29.7 Å². The summed E-state index contributed by atoms with van der Waals surface area (Å²) in [4.78, 5) is 43.0. The van der Waals surface area contributed by atoms with Gasteiger partial charge in [0.1, 0.15) is 5.69 Å². The molecule has 0 bridgehead atoms. The van der Waals surface area contributed by atoms with E-state index in [2.05, 4.69) is 20.8 Å². The predicted octanol–water partition coefficient (Wildman–Crippen LogP) is 1.35. The number of hydrogen-bond acceptors (Lipinski definition) is 7.